The average molecular weight is 353 g/mol. The van der Waals surface area contributed by atoms with Gasteiger partial charge in [0, 0.05) is 5.69 Å². The maximum absolute atomic E-state index is 12.5. The molecule has 5 nitrogen and oxygen atoms in total. The van der Waals surface area contributed by atoms with Crippen LogP contribution in [0.15, 0.2) is 36.4 Å². The molecule has 5 heteroatoms. The molecule has 0 radical (unpaired) electrons. The molecule has 2 aromatic rings. The van der Waals surface area contributed by atoms with Crippen LogP contribution >= 0.6 is 0 Å². The highest BCUT2D eigenvalue weighted by molar-refractivity contribution is 5.96. The van der Waals surface area contributed by atoms with Crippen LogP contribution in [0.25, 0.3) is 0 Å². The molecule has 3 rings (SSSR count). The highest BCUT2D eigenvalue weighted by atomic mass is 16.5. The molecule has 0 saturated heterocycles. The second kappa shape index (κ2) is 7.60. The molecule has 0 heterocycles. The first-order chi connectivity index (χ1) is 12.5. The lowest BCUT2D eigenvalue weighted by Gasteiger charge is -2.16. The van der Waals surface area contributed by atoms with Gasteiger partial charge in [0.2, 0.25) is 0 Å². The van der Waals surface area contributed by atoms with Crippen molar-refractivity contribution in [1.82, 2.24) is 0 Å². The number of carbonyl (C=O) groups excluding carboxylic acids is 2. The Morgan fingerprint density at radius 2 is 1.85 bits per heavy atom. The number of amides is 1. The Morgan fingerprint density at radius 3 is 2.58 bits per heavy atom. The van der Waals surface area contributed by atoms with Gasteiger partial charge in [-0.3, -0.25) is 4.79 Å². The Bertz CT molecular complexity index is 844. The lowest BCUT2D eigenvalue weighted by atomic mass is 10.1. The van der Waals surface area contributed by atoms with E-state index >= 15 is 0 Å². The molecule has 1 unspecified atom stereocenters. The highest BCUT2D eigenvalue weighted by Crippen LogP contribution is 2.26. The Kier molecular flexibility index (Phi) is 5.26. The van der Waals surface area contributed by atoms with Gasteiger partial charge in [-0.2, -0.15) is 0 Å². The van der Waals surface area contributed by atoms with E-state index in [1.165, 1.54) is 24.7 Å². The van der Waals surface area contributed by atoms with Gasteiger partial charge in [0.1, 0.15) is 5.75 Å². The Labute approximate surface area is 153 Å². The predicted octanol–water partition coefficient (Wildman–Crippen LogP) is 3.68. The first-order valence-corrected chi connectivity index (χ1v) is 8.76. The van der Waals surface area contributed by atoms with Gasteiger partial charge >= 0.3 is 5.97 Å². The number of benzene rings is 2. The summed E-state index contributed by atoms with van der Waals surface area (Å²) in [5, 5.41) is 2.85. The number of aryl methyl sites for hydroxylation is 3. The molecule has 26 heavy (non-hydrogen) atoms. The van der Waals surface area contributed by atoms with Crippen LogP contribution in [-0.4, -0.2) is 25.1 Å². The monoisotopic (exact) mass is 353 g/mol. The van der Waals surface area contributed by atoms with Crippen molar-refractivity contribution in [3.63, 3.8) is 0 Å². The van der Waals surface area contributed by atoms with E-state index in [0.29, 0.717) is 17.0 Å². The summed E-state index contributed by atoms with van der Waals surface area (Å²) in [4.78, 5) is 24.0. The number of hydrogen-bond donors (Lipinski definition) is 1. The van der Waals surface area contributed by atoms with E-state index in [9.17, 15) is 9.59 Å². The van der Waals surface area contributed by atoms with E-state index in [2.05, 4.69) is 11.4 Å². The van der Waals surface area contributed by atoms with Crippen LogP contribution in [0.4, 0.5) is 5.69 Å². The zero-order valence-electron chi connectivity index (χ0n) is 15.3. The zero-order valence-corrected chi connectivity index (χ0v) is 15.3. The van der Waals surface area contributed by atoms with Crippen LogP contribution < -0.4 is 10.1 Å². The van der Waals surface area contributed by atoms with E-state index in [-0.39, 0.29) is 5.91 Å². The number of nitrogens with one attached hydrogen (secondary N) is 1. The van der Waals surface area contributed by atoms with E-state index in [0.717, 1.165) is 18.4 Å². The lowest BCUT2D eigenvalue weighted by Crippen LogP contribution is -2.30. The summed E-state index contributed by atoms with van der Waals surface area (Å²) in [5.74, 6) is 0.0739. The summed E-state index contributed by atoms with van der Waals surface area (Å²) in [7, 11) is 1.34. The SMILES string of the molecule is COC(=O)c1ccc(NC(=O)C(C)Oc2ccc3c(c2)CCC3)c(C)c1. The Balaban J connectivity index is 1.65. The topological polar surface area (TPSA) is 64.6 Å². The highest BCUT2D eigenvalue weighted by Gasteiger charge is 2.18. The molecule has 1 aliphatic rings. The van der Waals surface area contributed by atoms with Gasteiger partial charge < -0.3 is 14.8 Å². The lowest BCUT2D eigenvalue weighted by molar-refractivity contribution is -0.122. The quantitative estimate of drug-likeness (QED) is 0.833. The standard InChI is InChI=1S/C21H23NO4/c1-13-11-17(21(24)25-3)8-10-19(13)22-20(23)14(2)26-18-9-7-15-5-4-6-16(15)12-18/h7-12,14H,4-6H2,1-3H3,(H,22,23). The average Bonchev–Trinajstić information content (AvgIpc) is 3.10. The number of carbonyl (C=O) groups is 2. The van der Waals surface area contributed by atoms with Crippen molar-refractivity contribution in [2.45, 2.75) is 39.2 Å². The Morgan fingerprint density at radius 1 is 1.08 bits per heavy atom. The van der Waals surface area contributed by atoms with Gasteiger partial charge in [-0.05, 0) is 80.1 Å². The number of methoxy groups -OCH3 is 1. The van der Waals surface area contributed by atoms with Gasteiger partial charge in [-0.25, -0.2) is 4.79 Å². The van der Waals surface area contributed by atoms with Gasteiger partial charge in [-0.1, -0.05) is 6.07 Å². The van der Waals surface area contributed by atoms with Crippen molar-refractivity contribution in [2.24, 2.45) is 0 Å². The summed E-state index contributed by atoms with van der Waals surface area (Å²) in [6.45, 7) is 3.55. The number of anilines is 1. The fourth-order valence-corrected chi connectivity index (χ4v) is 3.16. The van der Waals surface area contributed by atoms with Crippen LogP contribution in [-0.2, 0) is 22.4 Å². The molecule has 1 atom stereocenters. The summed E-state index contributed by atoms with van der Waals surface area (Å²) in [5.41, 5.74) is 4.56. The molecule has 0 aromatic heterocycles. The van der Waals surface area contributed by atoms with Crippen molar-refractivity contribution in [1.29, 1.82) is 0 Å². The normalized spacial score (nSPS) is 13.7. The van der Waals surface area contributed by atoms with Crippen LogP contribution in [0, 0.1) is 6.92 Å². The zero-order chi connectivity index (χ0) is 18.7. The first kappa shape index (κ1) is 18.0. The van der Waals surface area contributed by atoms with Crippen molar-refractivity contribution in [3.05, 3.63) is 58.7 Å². The second-order valence-electron chi connectivity index (χ2n) is 6.55. The predicted molar refractivity (Wildman–Crippen MR) is 99.7 cm³/mol. The first-order valence-electron chi connectivity index (χ1n) is 8.76. The molecule has 0 fully saturated rings. The van der Waals surface area contributed by atoms with Crippen molar-refractivity contribution < 1.29 is 19.1 Å². The van der Waals surface area contributed by atoms with Crippen LogP contribution in [0.2, 0.25) is 0 Å². The van der Waals surface area contributed by atoms with Crippen molar-refractivity contribution >= 4 is 17.6 Å². The maximum Gasteiger partial charge on any atom is 0.337 e. The minimum absolute atomic E-state index is 0.237. The second-order valence-corrected chi connectivity index (χ2v) is 6.55. The number of rotatable bonds is 5. The van der Waals surface area contributed by atoms with Crippen LogP contribution in [0.1, 0.15) is 40.4 Å². The summed E-state index contributed by atoms with van der Waals surface area (Å²) in [6.07, 6.45) is 2.73. The third-order valence-electron chi connectivity index (χ3n) is 4.66. The number of ether oxygens (including phenoxy) is 2. The number of esters is 1. The van der Waals surface area contributed by atoms with Crippen LogP contribution in [0.3, 0.4) is 0 Å². The van der Waals surface area contributed by atoms with E-state index in [1.807, 2.05) is 19.1 Å². The minimum atomic E-state index is -0.630. The van der Waals surface area contributed by atoms with E-state index in [4.69, 9.17) is 9.47 Å². The van der Waals surface area contributed by atoms with E-state index in [1.54, 1.807) is 25.1 Å². The summed E-state index contributed by atoms with van der Waals surface area (Å²) >= 11 is 0. The third kappa shape index (κ3) is 3.87. The molecule has 1 amide bonds. The molecule has 136 valence electrons. The van der Waals surface area contributed by atoms with Crippen molar-refractivity contribution in [2.75, 3.05) is 12.4 Å². The minimum Gasteiger partial charge on any atom is -0.481 e. The summed E-state index contributed by atoms with van der Waals surface area (Å²) < 4.78 is 10.5. The van der Waals surface area contributed by atoms with E-state index < -0.39 is 12.1 Å². The van der Waals surface area contributed by atoms with Gasteiger partial charge in [-0.15, -0.1) is 0 Å². The van der Waals surface area contributed by atoms with Crippen LogP contribution in [0.5, 0.6) is 5.75 Å². The number of fused-ring (bicyclic) bond motifs is 1. The molecular formula is C21H23NO4. The molecule has 1 aliphatic carbocycles. The van der Waals surface area contributed by atoms with Gasteiger partial charge in [0.15, 0.2) is 6.10 Å². The van der Waals surface area contributed by atoms with Gasteiger partial charge in [0.25, 0.3) is 5.91 Å². The Hall–Kier alpha value is -2.82. The van der Waals surface area contributed by atoms with Crippen molar-refractivity contribution in [3.8, 4) is 5.75 Å². The molecule has 0 bridgehead atoms. The van der Waals surface area contributed by atoms with Gasteiger partial charge in [0.05, 0.1) is 12.7 Å². The number of hydrogen-bond acceptors (Lipinski definition) is 4. The fourth-order valence-electron chi connectivity index (χ4n) is 3.16. The fraction of sp³-hybridized carbons (Fsp3) is 0.333. The molecule has 0 spiro atoms. The smallest absolute Gasteiger partial charge is 0.337 e. The molecule has 0 saturated carbocycles. The molecular weight excluding hydrogens is 330 g/mol. The third-order valence-corrected chi connectivity index (χ3v) is 4.66. The molecule has 2 aromatic carbocycles. The molecule has 0 aliphatic heterocycles. The largest absolute Gasteiger partial charge is 0.481 e. The maximum atomic E-state index is 12.5. The summed E-state index contributed by atoms with van der Waals surface area (Å²) in [6, 6.07) is 11.0. The molecule has 1 N–H and O–H groups in total.